The first-order valence-electron chi connectivity index (χ1n) is 6.23. The summed E-state index contributed by atoms with van der Waals surface area (Å²) in [6.45, 7) is 3.17. The van der Waals surface area contributed by atoms with Gasteiger partial charge in [-0.15, -0.1) is 22.7 Å². The first kappa shape index (κ1) is 15.5. The number of aromatic nitrogens is 1. The number of amides is 2. The summed E-state index contributed by atoms with van der Waals surface area (Å²) in [6, 6.07) is 1.93. The third-order valence-electron chi connectivity index (χ3n) is 2.68. The van der Waals surface area contributed by atoms with E-state index in [0.29, 0.717) is 13.1 Å². The summed E-state index contributed by atoms with van der Waals surface area (Å²) in [5.41, 5.74) is 0.948. The summed E-state index contributed by atoms with van der Waals surface area (Å²) in [5, 5.41) is 8.03. The van der Waals surface area contributed by atoms with E-state index in [-0.39, 0.29) is 6.03 Å². The number of nitrogens with one attached hydrogen (secondary N) is 1. The number of nitrogens with zero attached hydrogens (tertiary/aromatic N) is 2. The Balaban J connectivity index is 1.82. The minimum Gasteiger partial charge on any atom is -0.333 e. The van der Waals surface area contributed by atoms with Crippen molar-refractivity contribution in [2.45, 2.75) is 26.4 Å². The van der Waals surface area contributed by atoms with Gasteiger partial charge in [0.1, 0.15) is 0 Å². The maximum Gasteiger partial charge on any atom is 0.317 e. The first-order valence-corrected chi connectivity index (χ1v) is 8.79. The Kier molecular flexibility index (Phi) is 5.56. The molecule has 0 radical (unpaired) electrons. The number of thiophene rings is 1. The van der Waals surface area contributed by atoms with Gasteiger partial charge in [-0.25, -0.2) is 9.78 Å². The number of hydrogen-bond acceptors (Lipinski definition) is 4. The molecule has 7 heteroatoms. The Bertz CT molecular complexity index is 582. The molecule has 0 saturated heterocycles. The second kappa shape index (κ2) is 7.19. The highest BCUT2D eigenvalue weighted by Gasteiger charge is 2.11. The van der Waals surface area contributed by atoms with Crippen molar-refractivity contribution in [1.82, 2.24) is 15.2 Å². The van der Waals surface area contributed by atoms with Crippen LogP contribution in [0.15, 0.2) is 21.3 Å². The van der Waals surface area contributed by atoms with Crippen molar-refractivity contribution in [1.29, 1.82) is 0 Å². The molecule has 2 aromatic rings. The van der Waals surface area contributed by atoms with E-state index in [1.165, 1.54) is 0 Å². The molecule has 0 aliphatic heterocycles. The molecule has 2 heterocycles. The maximum absolute atomic E-state index is 12.0. The SMILES string of the molecule is CCc1nc(CN(C)C(=O)NCc2cc(Br)cs2)cs1. The van der Waals surface area contributed by atoms with Crippen molar-refractivity contribution in [3.05, 3.63) is 36.9 Å². The fraction of sp³-hybridized carbons (Fsp3) is 0.385. The summed E-state index contributed by atoms with van der Waals surface area (Å²) in [5.74, 6) is 0. The van der Waals surface area contributed by atoms with Crippen molar-refractivity contribution in [2.24, 2.45) is 0 Å². The van der Waals surface area contributed by atoms with E-state index >= 15 is 0 Å². The number of thiazole rings is 1. The van der Waals surface area contributed by atoms with Gasteiger partial charge in [-0.3, -0.25) is 0 Å². The fourth-order valence-corrected chi connectivity index (χ4v) is 3.77. The number of urea groups is 1. The van der Waals surface area contributed by atoms with Crippen molar-refractivity contribution < 1.29 is 4.79 Å². The van der Waals surface area contributed by atoms with Crippen LogP contribution in [0, 0.1) is 0 Å². The van der Waals surface area contributed by atoms with Gasteiger partial charge in [0.25, 0.3) is 0 Å². The lowest BCUT2D eigenvalue weighted by molar-refractivity contribution is 0.206. The van der Waals surface area contributed by atoms with Gasteiger partial charge in [0, 0.05) is 27.2 Å². The van der Waals surface area contributed by atoms with Crippen molar-refractivity contribution >= 4 is 44.6 Å². The molecule has 0 spiro atoms. The second-order valence-corrected chi connectivity index (χ2v) is 7.19. The molecule has 4 nitrogen and oxygen atoms in total. The Labute approximate surface area is 135 Å². The molecule has 2 amide bonds. The molecule has 0 aliphatic rings. The van der Waals surface area contributed by atoms with Crippen molar-refractivity contribution in [3.63, 3.8) is 0 Å². The van der Waals surface area contributed by atoms with Crippen LogP contribution in [0.25, 0.3) is 0 Å². The van der Waals surface area contributed by atoms with Gasteiger partial charge < -0.3 is 10.2 Å². The third-order valence-corrected chi connectivity index (χ3v) is 5.42. The van der Waals surface area contributed by atoms with Crippen LogP contribution in [0.1, 0.15) is 22.5 Å². The minimum absolute atomic E-state index is 0.0828. The lowest BCUT2D eigenvalue weighted by atomic mass is 10.4. The van der Waals surface area contributed by atoms with E-state index < -0.39 is 0 Å². The number of carbonyl (C=O) groups excluding carboxylic acids is 1. The maximum atomic E-state index is 12.0. The zero-order chi connectivity index (χ0) is 14.5. The molecular formula is C13H16BrN3OS2. The summed E-state index contributed by atoms with van der Waals surface area (Å²) < 4.78 is 1.05. The quantitative estimate of drug-likeness (QED) is 0.864. The van der Waals surface area contributed by atoms with Gasteiger partial charge in [0.15, 0.2) is 0 Å². The molecule has 0 saturated carbocycles. The van der Waals surface area contributed by atoms with Gasteiger partial charge >= 0.3 is 6.03 Å². The molecular weight excluding hydrogens is 358 g/mol. The second-order valence-electron chi connectivity index (χ2n) is 4.33. The molecule has 1 N–H and O–H groups in total. The number of aryl methyl sites for hydroxylation is 1. The molecule has 0 aromatic carbocycles. The highest BCUT2D eigenvalue weighted by Crippen LogP contribution is 2.19. The van der Waals surface area contributed by atoms with Crippen LogP contribution in [0.5, 0.6) is 0 Å². The highest BCUT2D eigenvalue weighted by atomic mass is 79.9. The molecule has 0 unspecified atom stereocenters. The summed E-state index contributed by atoms with van der Waals surface area (Å²) in [4.78, 5) is 19.2. The standard InChI is InChI=1S/C13H16BrN3OS2/c1-3-12-16-10(8-20-12)6-17(2)13(18)15-5-11-4-9(14)7-19-11/h4,7-8H,3,5-6H2,1-2H3,(H,15,18). The van der Waals surface area contributed by atoms with Crippen LogP contribution < -0.4 is 5.32 Å². The molecule has 2 rings (SSSR count). The average Bonchev–Trinajstić information content (AvgIpc) is 3.04. The topological polar surface area (TPSA) is 45.2 Å². The molecule has 108 valence electrons. The van der Waals surface area contributed by atoms with Gasteiger partial charge in [-0.2, -0.15) is 0 Å². The highest BCUT2D eigenvalue weighted by molar-refractivity contribution is 9.10. The Morgan fingerprint density at radius 3 is 2.85 bits per heavy atom. The molecule has 0 bridgehead atoms. The summed E-state index contributed by atoms with van der Waals surface area (Å²) >= 11 is 6.67. The van der Waals surface area contributed by atoms with Crippen LogP contribution >= 0.6 is 38.6 Å². The molecule has 2 aromatic heterocycles. The van der Waals surface area contributed by atoms with E-state index in [2.05, 4.69) is 33.2 Å². The van der Waals surface area contributed by atoms with E-state index in [4.69, 9.17) is 0 Å². The van der Waals surface area contributed by atoms with E-state index in [9.17, 15) is 4.79 Å². The monoisotopic (exact) mass is 373 g/mol. The van der Waals surface area contributed by atoms with Crippen molar-refractivity contribution in [3.8, 4) is 0 Å². The largest absolute Gasteiger partial charge is 0.333 e. The van der Waals surface area contributed by atoms with Crippen LogP contribution in [0.3, 0.4) is 0 Å². The van der Waals surface area contributed by atoms with Gasteiger partial charge in [0.05, 0.1) is 23.8 Å². The third kappa shape index (κ3) is 4.29. The molecule has 0 atom stereocenters. The smallest absolute Gasteiger partial charge is 0.317 e. The average molecular weight is 374 g/mol. The zero-order valence-corrected chi connectivity index (χ0v) is 14.6. The number of carbonyl (C=O) groups is 1. The van der Waals surface area contributed by atoms with Gasteiger partial charge in [-0.1, -0.05) is 6.92 Å². The summed E-state index contributed by atoms with van der Waals surface area (Å²) in [6.07, 6.45) is 0.938. The Morgan fingerprint density at radius 2 is 2.25 bits per heavy atom. The van der Waals surface area contributed by atoms with Crippen LogP contribution in [-0.4, -0.2) is 23.0 Å². The first-order chi connectivity index (χ1) is 9.58. The van der Waals surface area contributed by atoms with Gasteiger partial charge in [0.2, 0.25) is 0 Å². The minimum atomic E-state index is -0.0828. The molecule has 0 fully saturated rings. The Morgan fingerprint density at radius 1 is 1.45 bits per heavy atom. The van der Waals surface area contributed by atoms with Crippen LogP contribution in [-0.2, 0) is 19.5 Å². The number of rotatable bonds is 5. The van der Waals surface area contributed by atoms with Gasteiger partial charge in [-0.05, 0) is 28.4 Å². The van der Waals surface area contributed by atoms with Crippen LogP contribution in [0.4, 0.5) is 4.79 Å². The number of halogens is 1. The lowest BCUT2D eigenvalue weighted by Crippen LogP contribution is -2.36. The summed E-state index contributed by atoms with van der Waals surface area (Å²) in [7, 11) is 1.78. The van der Waals surface area contributed by atoms with E-state index in [0.717, 1.165) is 26.5 Å². The van der Waals surface area contributed by atoms with E-state index in [1.807, 2.05) is 16.8 Å². The predicted molar refractivity (Wildman–Crippen MR) is 87.2 cm³/mol. The van der Waals surface area contributed by atoms with E-state index in [1.54, 1.807) is 34.6 Å². The lowest BCUT2D eigenvalue weighted by Gasteiger charge is -2.16. The van der Waals surface area contributed by atoms with Crippen LogP contribution in [0.2, 0.25) is 0 Å². The Hall–Kier alpha value is -0.920. The fourth-order valence-electron chi connectivity index (χ4n) is 1.64. The zero-order valence-electron chi connectivity index (χ0n) is 11.4. The predicted octanol–water partition coefficient (Wildman–Crippen LogP) is 3.87. The van der Waals surface area contributed by atoms with Crippen molar-refractivity contribution in [2.75, 3.05) is 7.05 Å². The molecule has 20 heavy (non-hydrogen) atoms. The normalized spacial score (nSPS) is 10.6. The molecule has 0 aliphatic carbocycles. The number of hydrogen-bond donors (Lipinski definition) is 1.